The Labute approximate surface area is 224 Å². The van der Waals surface area contributed by atoms with E-state index < -0.39 is 0 Å². The molecule has 3 aliphatic rings. The molecule has 6 nitrogen and oxygen atoms in total. The van der Waals surface area contributed by atoms with Crippen LogP contribution >= 0.6 is 11.9 Å². The molecule has 0 bridgehead atoms. The largest absolute Gasteiger partial charge is 0.371 e. The first-order chi connectivity index (χ1) is 17.8. The maximum Gasteiger partial charge on any atom is 0.257 e. The molecule has 1 saturated heterocycles. The van der Waals surface area contributed by atoms with Crippen LogP contribution in [0.2, 0.25) is 0 Å². The minimum atomic E-state index is -0.0479. The van der Waals surface area contributed by atoms with Crippen LogP contribution in [-0.2, 0) is 0 Å². The van der Waals surface area contributed by atoms with Crippen LogP contribution in [0.1, 0.15) is 88.5 Å². The second kappa shape index (κ2) is 9.66. The van der Waals surface area contributed by atoms with E-state index in [1.54, 1.807) is 11.9 Å². The second-order valence-electron chi connectivity index (χ2n) is 12.4. The standard InChI is InChI=1S/C30H39N5OS/c1-29(2,3)33-37-24-10-11-25(27(19-24)34-16-14-30(12-13-30)15-17-34)28(36)32-22-9-8-21-20-31-35(26(21)18-22)23-6-4-5-7-23/h8-11,18-20,23,33H,4-7,12-17H2,1-3H3,(H,32,36). The molecule has 1 aliphatic heterocycles. The highest BCUT2D eigenvalue weighted by Gasteiger charge is 2.44. The Morgan fingerprint density at radius 1 is 1.03 bits per heavy atom. The monoisotopic (exact) mass is 517 g/mol. The molecular formula is C30H39N5OS. The Balaban J connectivity index is 1.26. The SMILES string of the molecule is CC(C)(C)NSc1ccc(C(=O)Nc2ccc3cnn(C4CCCC4)c3c2)c(N2CCC3(CC2)CC3)c1. The van der Waals surface area contributed by atoms with Gasteiger partial charge < -0.3 is 10.2 Å². The molecule has 1 aromatic heterocycles. The topological polar surface area (TPSA) is 62.2 Å². The second-order valence-corrected chi connectivity index (χ2v) is 13.3. The zero-order valence-electron chi connectivity index (χ0n) is 22.3. The molecule has 0 radical (unpaired) electrons. The van der Waals surface area contributed by atoms with E-state index in [0.717, 1.165) is 45.8 Å². The summed E-state index contributed by atoms with van der Waals surface area (Å²) in [6.07, 6.45) is 12.1. The van der Waals surface area contributed by atoms with Crippen molar-refractivity contribution >= 4 is 40.1 Å². The van der Waals surface area contributed by atoms with E-state index in [0.29, 0.717) is 11.5 Å². The predicted octanol–water partition coefficient (Wildman–Crippen LogP) is 7.18. The molecule has 196 valence electrons. The van der Waals surface area contributed by atoms with Gasteiger partial charge in [-0.1, -0.05) is 12.8 Å². The third-order valence-corrected chi connectivity index (χ3v) is 9.54. The molecule has 1 amide bonds. The summed E-state index contributed by atoms with van der Waals surface area (Å²) in [6.45, 7) is 8.54. The van der Waals surface area contributed by atoms with Gasteiger partial charge in [0.25, 0.3) is 5.91 Å². The van der Waals surface area contributed by atoms with Crippen LogP contribution in [0, 0.1) is 5.41 Å². The summed E-state index contributed by atoms with van der Waals surface area (Å²) in [6, 6.07) is 12.9. The van der Waals surface area contributed by atoms with E-state index in [-0.39, 0.29) is 11.4 Å². The van der Waals surface area contributed by atoms with Crippen molar-refractivity contribution < 1.29 is 4.79 Å². The van der Waals surface area contributed by atoms with Crippen molar-refractivity contribution in [1.82, 2.24) is 14.5 Å². The Morgan fingerprint density at radius 2 is 1.78 bits per heavy atom. The lowest BCUT2D eigenvalue weighted by Gasteiger charge is -2.35. The van der Waals surface area contributed by atoms with Gasteiger partial charge in [0.1, 0.15) is 0 Å². The summed E-state index contributed by atoms with van der Waals surface area (Å²) in [7, 11) is 0. The molecule has 2 heterocycles. The number of carbonyl (C=O) groups excluding carboxylic acids is 1. The minimum absolute atomic E-state index is 0.00795. The van der Waals surface area contributed by atoms with Gasteiger partial charge in [0.15, 0.2) is 0 Å². The van der Waals surface area contributed by atoms with Gasteiger partial charge >= 0.3 is 0 Å². The highest BCUT2D eigenvalue weighted by molar-refractivity contribution is 7.97. The predicted molar refractivity (Wildman–Crippen MR) is 153 cm³/mol. The average Bonchev–Trinajstić information content (AvgIpc) is 3.25. The number of aromatic nitrogens is 2. The lowest BCUT2D eigenvalue weighted by molar-refractivity contribution is 0.102. The van der Waals surface area contributed by atoms with E-state index in [2.05, 4.69) is 69.8 Å². The Morgan fingerprint density at radius 3 is 2.49 bits per heavy atom. The number of fused-ring (bicyclic) bond motifs is 1. The summed E-state index contributed by atoms with van der Waals surface area (Å²) in [5, 5.41) is 9.02. The lowest BCUT2D eigenvalue weighted by atomic mass is 9.93. The summed E-state index contributed by atoms with van der Waals surface area (Å²) >= 11 is 1.64. The summed E-state index contributed by atoms with van der Waals surface area (Å²) in [4.78, 5) is 17.2. The van der Waals surface area contributed by atoms with Gasteiger partial charge in [0.05, 0.1) is 29.0 Å². The molecule has 1 spiro atoms. The number of carbonyl (C=O) groups is 1. The molecule has 3 aromatic rings. The van der Waals surface area contributed by atoms with E-state index in [1.165, 1.54) is 51.4 Å². The van der Waals surface area contributed by atoms with Crippen molar-refractivity contribution in [3.05, 3.63) is 48.2 Å². The van der Waals surface area contributed by atoms with E-state index in [1.807, 2.05) is 18.3 Å². The zero-order chi connectivity index (χ0) is 25.6. The number of amides is 1. The number of hydrogen-bond donors (Lipinski definition) is 2. The maximum atomic E-state index is 13.7. The van der Waals surface area contributed by atoms with Gasteiger partial charge in [-0.05, 0) is 113 Å². The van der Waals surface area contributed by atoms with E-state index in [9.17, 15) is 4.79 Å². The molecule has 2 aliphatic carbocycles. The van der Waals surface area contributed by atoms with Gasteiger partial charge in [-0.15, -0.1) is 0 Å². The average molecular weight is 518 g/mol. The highest BCUT2D eigenvalue weighted by Crippen LogP contribution is 2.54. The fourth-order valence-corrected chi connectivity index (χ4v) is 6.62. The quantitative estimate of drug-likeness (QED) is 0.339. The number of piperidine rings is 1. The van der Waals surface area contributed by atoms with Crippen LogP contribution < -0.4 is 14.9 Å². The number of hydrogen-bond acceptors (Lipinski definition) is 5. The highest BCUT2D eigenvalue weighted by atomic mass is 32.2. The molecule has 3 fully saturated rings. The normalized spacial score (nSPS) is 19.6. The van der Waals surface area contributed by atoms with Crippen molar-refractivity contribution in [2.45, 2.75) is 88.6 Å². The van der Waals surface area contributed by atoms with Gasteiger partial charge in [0, 0.05) is 34.6 Å². The molecule has 0 unspecified atom stereocenters. The first kappa shape index (κ1) is 24.8. The molecule has 37 heavy (non-hydrogen) atoms. The molecule has 6 rings (SSSR count). The fraction of sp³-hybridized carbons (Fsp3) is 0.533. The number of benzene rings is 2. The third-order valence-electron chi connectivity index (χ3n) is 8.34. The summed E-state index contributed by atoms with van der Waals surface area (Å²) in [5.74, 6) is -0.0479. The van der Waals surface area contributed by atoms with Crippen LogP contribution in [0.15, 0.2) is 47.5 Å². The molecule has 7 heteroatoms. The van der Waals surface area contributed by atoms with Crippen molar-refractivity contribution in [3.8, 4) is 0 Å². The number of anilines is 2. The number of nitrogens with zero attached hydrogens (tertiary/aromatic N) is 3. The number of nitrogens with one attached hydrogen (secondary N) is 2. The van der Waals surface area contributed by atoms with Crippen molar-refractivity contribution in [2.75, 3.05) is 23.3 Å². The van der Waals surface area contributed by atoms with Crippen LogP contribution in [-0.4, -0.2) is 34.3 Å². The zero-order valence-corrected chi connectivity index (χ0v) is 23.2. The molecule has 2 saturated carbocycles. The van der Waals surface area contributed by atoms with Gasteiger partial charge in [-0.25, -0.2) is 0 Å². The van der Waals surface area contributed by atoms with E-state index in [4.69, 9.17) is 0 Å². The van der Waals surface area contributed by atoms with Crippen molar-refractivity contribution in [1.29, 1.82) is 0 Å². The number of rotatable bonds is 6. The first-order valence-electron chi connectivity index (χ1n) is 13.9. The van der Waals surface area contributed by atoms with E-state index >= 15 is 0 Å². The van der Waals surface area contributed by atoms with Crippen LogP contribution in [0.3, 0.4) is 0 Å². The maximum absolute atomic E-state index is 13.7. The van der Waals surface area contributed by atoms with Gasteiger partial charge in [0.2, 0.25) is 0 Å². The van der Waals surface area contributed by atoms with Gasteiger partial charge in [-0.2, -0.15) is 5.10 Å². The molecule has 2 N–H and O–H groups in total. The summed E-state index contributed by atoms with van der Waals surface area (Å²) < 4.78 is 5.68. The smallest absolute Gasteiger partial charge is 0.257 e. The van der Waals surface area contributed by atoms with Crippen LogP contribution in [0.4, 0.5) is 11.4 Å². The van der Waals surface area contributed by atoms with Crippen LogP contribution in [0.5, 0.6) is 0 Å². The van der Waals surface area contributed by atoms with Crippen molar-refractivity contribution in [3.63, 3.8) is 0 Å². The molecule has 0 atom stereocenters. The Hall–Kier alpha value is -2.51. The first-order valence-corrected chi connectivity index (χ1v) is 14.7. The van der Waals surface area contributed by atoms with Gasteiger partial charge in [-0.3, -0.25) is 14.2 Å². The Bertz CT molecular complexity index is 1290. The molecular weight excluding hydrogens is 478 g/mol. The Kier molecular flexibility index (Phi) is 6.48. The third kappa shape index (κ3) is 5.39. The fourth-order valence-electron chi connectivity index (χ4n) is 5.89. The van der Waals surface area contributed by atoms with Crippen molar-refractivity contribution in [2.24, 2.45) is 5.41 Å². The summed E-state index contributed by atoms with van der Waals surface area (Å²) in [5.41, 5.74) is 4.33. The van der Waals surface area contributed by atoms with Crippen LogP contribution in [0.25, 0.3) is 10.9 Å². The lowest BCUT2D eigenvalue weighted by Crippen LogP contribution is -2.35. The molecule has 2 aromatic carbocycles. The minimum Gasteiger partial charge on any atom is -0.371 e.